The second-order valence-corrected chi connectivity index (χ2v) is 6.29. The highest BCUT2D eigenvalue weighted by Gasteiger charge is 2.43. The van der Waals surface area contributed by atoms with Crippen molar-refractivity contribution in [1.82, 2.24) is 14.9 Å². The third-order valence-corrected chi connectivity index (χ3v) is 4.79. The predicted octanol–water partition coefficient (Wildman–Crippen LogP) is 2.59. The van der Waals surface area contributed by atoms with Crippen molar-refractivity contribution in [3.8, 4) is 5.75 Å². The smallest absolute Gasteiger partial charge is 0.261 e. The number of ether oxygens (including phenoxy) is 1. The van der Waals surface area contributed by atoms with E-state index in [1.54, 1.807) is 12.1 Å². The molecule has 1 aromatic carbocycles. The van der Waals surface area contributed by atoms with Crippen molar-refractivity contribution in [2.24, 2.45) is 0 Å². The molecule has 0 unspecified atom stereocenters. The van der Waals surface area contributed by atoms with Gasteiger partial charge in [0.1, 0.15) is 5.82 Å². The van der Waals surface area contributed by atoms with Crippen LogP contribution in [0.25, 0.3) is 0 Å². The van der Waals surface area contributed by atoms with Gasteiger partial charge in [-0.05, 0) is 31.9 Å². The number of rotatable bonds is 3. The molecule has 1 amide bonds. The number of nitrogens with zero attached hydrogens (tertiary/aromatic N) is 3. The molecule has 2 aliphatic rings. The van der Waals surface area contributed by atoms with E-state index in [2.05, 4.69) is 9.97 Å². The first-order valence-corrected chi connectivity index (χ1v) is 8.14. The number of halogens is 1. The second-order valence-electron chi connectivity index (χ2n) is 6.29. The molecular formula is C18H18FN3O2. The van der Waals surface area contributed by atoms with E-state index >= 15 is 0 Å². The quantitative estimate of drug-likeness (QED) is 0.869. The Bertz CT molecular complexity index is 796. The molecule has 2 bridgehead atoms. The van der Waals surface area contributed by atoms with Gasteiger partial charge in [0.15, 0.2) is 18.2 Å². The molecule has 2 atom stereocenters. The summed E-state index contributed by atoms with van der Waals surface area (Å²) in [5.41, 5.74) is 2.09. The van der Waals surface area contributed by atoms with Crippen LogP contribution in [-0.2, 0) is 11.2 Å². The molecule has 2 aromatic rings. The standard InChI is InChI=1S/C18H18FN3O2/c1-11-20-9-13-15(21-11)8-12-6-7-16(13)22(12)18(23)10-24-17-5-3-2-4-14(17)19/h2-5,9,12,16H,6-8,10H2,1H3/t12-,16-/m1/s1. The van der Waals surface area contributed by atoms with Crippen molar-refractivity contribution < 1.29 is 13.9 Å². The normalized spacial score (nSPS) is 21.5. The number of fused-ring (bicyclic) bond motifs is 4. The average molecular weight is 327 g/mol. The summed E-state index contributed by atoms with van der Waals surface area (Å²) in [6, 6.07) is 6.28. The number of benzene rings is 1. The summed E-state index contributed by atoms with van der Waals surface area (Å²) in [7, 11) is 0. The van der Waals surface area contributed by atoms with Crippen LogP contribution in [0, 0.1) is 12.7 Å². The van der Waals surface area contributed by atoms with Crippen LogP contribution in [-0.4, -0.2) is 33.4 Å². The van der Waals surface area contributed by atoms with Crippen LogP contribution in [0.1, 0.15) is 36.0 Å². The number of carbonyl (C=O) groups excluding carboxylic acids is 1. The number of hydrogen-bond acceptors (Lipinski definition) is 4. The van der Waals surface area contributed by atoms with Crippen LogP contribution in [0.5, 0.6) is 5.75 Å². The van der Waals surface area contributed by atoms with Crippen molar-refractivity contribution in [2.45, 2.75) is 38.3 Å². The van der Waals surface area contributed by atoms with Crippen LogP contribution < -0.4 is 4.74 Å². The number of aromatic nitrogens is 2. The zero-order valence-corrected chi connectivity index (χ0v) is 13.4. The van der Waals surface area contributed by atoms with Crippen LogP contribution in [0.2, 0.25) is 0 Å². The van der Waals surface area contributed by atoms with Gasteiger partial charge in [0.25, 0.3) is 5.91 Å². The third-order valence-electron chi connectivity index (χ3n) is 4.79. The maximum Gasteiger partial charge on any atom is 0.261 e. The highest BCUT2D eigenvalue weighted by atomic mass is 19.1. The first-order valence-electron chi connectivity index (χ1n) is 8.14. The summed E-state index contributed by atoms with van der Waals surface area (Å²) in [5, 5.41) is 0. The maximum absolute atomic E-state index is 13.6. The van der Waals surface area contributed by atoms with E-state index in [1.165, 1.54) is 12.1 Å². The molecule has 1 aromatic heterocycles. The molecule has 3 heterocycles. The molecule has 0 N–H and O–H groups in total. The van der Waals surface area contributed by atoms with Crippen LogP contribution in [0.15, 0.2) is 30.5 Å². The minimum absolute atomic E-state index is 0.0103. The molecule has 0 spiro atoms. The van der Waals surface area contributed by atoms with E-state index in [4.69, 9.17) is 4.74 Å². The Labute approximate surface area is 139 Å². The number of aryl methyl sites for hydroxylation is 1. The van der Waals surface area contributed by atoms with Gasteiger partial charge in [-0.15, -0.1) is 0 Å². The highest BCUT2D eigenvalue weighted by molar-refractivity contribution is 5.79. The van der Waals surface area contributed by atoms with Crippen LogP contribution in [0.4, 0.5) is 4.39 Å². The summed E-state index contributed by atoms with van der Waals surface area (Å²) in [6.45, 7) is 1.72. The fraction of sp³-hybridized carbons (Fsp3) is 0.389. The Hall–Kier alpha value is -2.50. The van der Waals surface area contributed by atoms with Crippen molar-refractivity contribution in [1.29, 1.82) is 0 Å². The van der Waals surface area contributed by atoms with Gasteiger partial charge in [0, 0.05) is 24.2 Å². The van der Waals surface area contributed by atoms with Gasteiger partial charge in [-0.1, -0.05) is 12.1 Å². The first-order chi connectivity index (χ1) is 11.6. The Kier molecular flexibility index (Phi) is 3.67. The number of amides is 1. The fourth-order valence-corrected chi connectivity index (χ4v) is 3.73. The van der Waals surface area contributed by atoms with Crippen LogP contribution in [0.3, 0.4) is 0 Å². The van der Waals surface area contributed by atoms with Gasteiger partial charge in [-0.2, -0.15) is 0 Å². The van der Waals surface area contributed by atoms with Crippen molar-refractivity contribution >= 4 is 5.91 Å². The largest absolute Gasteiger partial charge is 0.481 e. The number of hydrogen-bond donors (Lipinski definition) is 0. The summed E-state index contributed by atoms with van der Waals surface area (Å²) < 4.78 is 19.0. The summed E-state index contributed by atoms with van der Waals surface area (Å²) in [5.74, 6) is 0.295. The SMILES string of the molecule is Cc1ncc2c(n1)C[C@H]1CC[C@H]2N1C(=O)COc1ccccc1F. The van der Waals surface area contributed by atoms with Crippen molar-refractivity contribution in [2.75, 3.05) is 6.61 Å². The molecule has 0 aliphatic carbocycles. The molecule has 0 saturated carbocycles. The lowest BCUT2D eigenvalue weighted by molar-refractivity contribution is -0.137. The van der Waals surface area contributed by atoms with Gasteiger partial charge in [0.05, 0.1) is 11.7 Å². The molecule has 0 radical (unpaired) electrons. The lowest BCUT2D eigenvalue weighted by Gasteiger charge is -2.35. The Morgan fingerprint density at radius 2 is 2.21 bits per heavy atom. The lowest BCUT2D eigenvalue weighted by atomic mass is 9.99. The zero-order valence-electron chi connectivity index (χ0n) is 13.4. The zero-order chi connectivity index (χ0) is 16.7. The van der Waals surface area contributed by atoms with Gasteiger partial charge >= 0.3 is 0 Å². The lowest BCUT2D eigenvalue weighted by Crippen LogP contribution is -2.44. The average Bonchev–Trinajstić information content (AvgIpc) is 2.89. The number of para-hydroxylation sites is 1. The summed E-state index contributed by atoms with van der Waals surface area (Å²) in [6.07, 6.45) is 4.45. The fourth-order valence-electron chi connectivity index (χ4n) is 3.73. The predicted molar refractivity (Wildman–Crippen MR) is 85.0 cm³/mol. The van der Waals surface area contributed by atoms with E-state index in [0.717, 1.165) is 36.3 Å². The maximum atomic E-state index is 13.6. The van der Waals surface area contributed by atoms with Crippen molar-refractivity contribution in [3.63, 3.8) is 0 Å². The van der Waals surface area contributed by atoms with E-state index in [-0.39, 0.29) is 30.3 Å². The van der Waals surface area contributed by atoms with E-state index in [9.17, 15) is 9.18 Å². The molecule has 4 rings (SSSR count). The minimum atomic E-state index is -0.457. The van der Waals surface area contributed by atoms with Crippen LogP contribution >= 0.6 is 0 Å². The van der Waals surface area contributed by atoms with E-state index in [0.29, 0.717) is 0 Å². The summed E-state index contributed by atoms with van der Waals surface area (Å²) >= 11 is 0. The van der Waals surface area contributed by atoms with Gasteiger partial charge < -0.3 is 9.64 Å². The van der Waals surface area contributed by atoms with E-state index < -0.39 is 5.82 Å². The van der Waals surface area contributed by atoms with Crippen molar-refractivity contribution in [3.05, 3.63) is 53.4 Å². The Morgan fingerprint density at radius 1 is 1.38 bits per heavy atom. The highest BCUT2D eigenvalue weighted by Crippen LogP contribution is 2.42. The van der Waals surface area contributed by atoms with E-state index in [1.807, 2.05) is 18.0 Å². The molecule has 2 aliphatic heterocycles. The Morgan fingerprint density at radius 3 is 3.04 bits per heavy atom. The molecule has 24 heavy (non-hydrogen) atoms. The molecule has 1 fully saturated rings. The molecular weight excluding hydrogens is 309 g/mol. The molecule has 6 heteroatoms. The Balaban J connectivity index is 1.52. The van der Waals surface area contributed by atoms with Gasteiger partial charge in [-0.25, -0.2) is 14.4 Å². The first kappa shape index (κ1) is 15.1. The third kappa shape index (κ3) is 2.52. The molecule has 1 saturated heterocycles. The van der Waals surface area contributed by atoms with Gasteiger partial charge in [-0.3, -0.25) is 4.79 Å². The molecule has 124 valence electrons. The monoisotopic (exact) mass is 327 g/mol. The topological polar surface area (TPSA) is 55.3 Å². The van der Waals surface area contributed by atoms with Gasteiger partial charge in [0.2, 0.25) is 0 Å². The second kappa shape index (κ2) is 5.85. The minimum Gasteiger partial charge on any atom is -0.481 e. The molecule has 5 nitrogen and oxygen atoms in total. The number of carbonyl (C=O) groups is 1. The summed E-state index contributed by atoms with van der Waals surface area (Å²) in [4.78, 5) is 23.3.